The van der Waals surface area contributed by atoms with Crippen molar-refractivity contribution in [3.63, 3.8) is 0 Å². The molecule has 0 unspecified atom stereocenters. The number of anilines is 1. The number of amides is 1. The van der Waals surface area contributed by atoms with Crippen LogP contribution in [0.2, 0.25) is 0 Å². The molecule has 3 heterocycles. The number of nitrogens with one attached hydrogen (secondary N) is 1. The topological polar surface area (TPSA) is 85.3 Å². The van der Waals surface area contributed by atoms with Gasteiger partial charge >= 0.3 is 0 Å². The number of hydrogen-bond acceptors (Lipinski definition) is 5. The van der Waals surface area contributed by atoms with E-state index in [1.807, 2.05) is 52.4 Å². The fourth-order valence-electron chi connectivity index (χ4n) is 2.72. The first-order valence-corrected chi connectivity index (χ1v) is 9.09. The molecule has 3 aromatic heterocycles. The van der Waals surface area contributed by atoms with E-state index in [9.17, 15) is 4.79 Å². The second-order valence-electron chi connectivity index (χ2n) is 5.86. The van der Waals surface area contributed by atoms with Crippen LogP contribution < -0.4 is 11.1 Å². The van der Waals surface area contributed by atoms with Gasteiger partial charge in [0.05, 0.1) is 17.0 Å². The average molecular weight is 363 g/mol. The maximum Gasteiger partial charge on any atom is 0.252 e. The van der Waals surface area contributed by atoms with Gasteiger partial charge in [-0.2, -0.15) is 0 Å². The largest absolute Gasteiger partial charge is 0.375 e. The molecule has 0 radical (unpaired) electrons. The van der Waals surface area contributed by atoms with Crippen molar-refractivity contribution in [2.24, 2.45) is 0 Å². The first-order chi connectivity index (χ1) is 12.7. The number of thiazole rings is 1. The fourth-order valence-corrected chi connectivity index (χ4v) is 3.32. The highest BCUT2D eigenvalue weighted by atomic mass is 32.1. The number of carbonyl (C=O) groups excluding carboxylic acids is 1. The second-order valence-corrected chi connectivity index (χ2v) is 6.75. The minimum atomic E-state index is -0.120. The molecule has 4 aromatic rings. The Morgan fingerprint density at radius 2 is 1.96 bits per heavy atom. The summed E-state index contributed by atoms with van der Waals surface area (Å²) >= 11 is 1.41. The van der Waals surface area contributed by atoms with Gasteiger partial charge in [-0.15, -0.1) is 11.3 Å². The van der Waals surface area contributed by atoms with Crippen LogP contribution in [0.1, 0.15) is 16.1 Å². The monoisotopic (exact) mass is 363 g/mol. The van der Waals surface area contributed by atoms with Crippen molar-refractivity contribution >= 4 is 28.0 Å². The third-order valence-electron chi connectivity index (χ3n) is 4.02. The average Bonchev–Trinajstić information content (AvgIpc) is 3.27. The van der Waals surface area contributed by atoms with E-state index in [4.69, 9.17) is 5.73 Å². The van der Waals surface area contributed by atoms with Crippen LogP contribution in [0.3, 0.4) is 0 Å². The Morgan fingerprint density at radius 1 is 1.12 bits per heavy atom. The third-order valence-corrected chi connectivity index (χ3v) is 4.74. The zero-order chi connectivity index (χ0) is 17.9. The minimum Gasteiger partial charge on any atom is -0.375 e. The van der Waals surface area contributed by atoms with Crippen LogP contribution >= 0.6 is 11.3 Å². The van der Waals surface area contributed by atoms with Crippen molar-refractivity contribution in [1.82, 2.24) is 19.7 Å². The molecule has 0 aliphatic carbocycles. The number of rotatable bonds is 5. The van der Waals surface area contributed by atoms with E-state index >= 15 is 0 Å². The predicted octanol–water partition coefficient (Wildman–Crippen LogP) is 3.01. The van der Waals surface area contributed by atoms with Crippen LogP contribution in [0, 0.1) is 0 Å². The molecule has 3 N–H and O–H groups in total. The smallest absolute Gasteiger partial charge is 0.252 e. The molecule has 7 heteroatoms. The van der Waals surface area contributed by atoms with E-state index in [1.54, 1.807) is 12.3 Å². The van der Waals surface area contributed by atoms with Crippen LogP contribution in [-0.2, 0) is 6.42 Å². The maximum absolute atomic E-state index is 12.4. The molecule has 26 heavy (non-hydrogen) atoms. The lowest BCUT2D eigenvalue weighted by atomic mass is 10.2. The number of fused-ring (bicyclic) bond motifs is 1. The Morgan fingerprint density at radius 3 is 2.73 bits per heavy atom. The first kappa shape index (κ1) is 16.3. The Hall–Kier alpha value is -3.19. The van der Waals surface area contributed by atoms with E-state index in [2.05, 4.69) is 15.3 Å². The third kappa shape index (κ3) is 3.43. The number of aromatic nitrogens is 3. The first-order valence-electron chi connectivity index (χ1n) is 8.21. The lowest BCUT2D eigenvalue weighted by Gasteiger charge is -2.04. The van der Waals surface area contributed by atoms with Crippen LogP contribution in [0.15, 0.2) is 60.2 Å². The number of nitrogens with two attached hydrogens (primary N) is 1. The Kier molecular flexibility index (Phi) is 4.37. The van der Waals surface area contributed by atoms with Crippen molar-refractivity contribution in [1.29, 1.82) is 0 Å². The predicted molar refractivity (Wildman–Crippen MR) is 103 cm³/mol. The molecular weight excluding hydrogens is 346 g/mol. The molecule has 0 aliphatic heterocycles. The van der Waals surface area contributed by atoms with Crippen LogP contribution in [0.25, 0.3) is 16.9 Å². The molecule has 0 aliphatic rings. The molecule has 0 spiro atoms. The quantitative estimate of drug-likeness (QED) is 0.571. The summed E-state index contributed by atoms with van der Waals surface area (Å²) in [6.07, 6.45) is 4.38. The van der Waals surface area contributed by atoms with E-state index in [1.165, 1.54) is 11.3 Å². The van der Waals surface area contributed by atoms with Gasteiger partial charge in [0.2, 0.25) is 0 Å². The van der Waals surface area contributed by atoms with Gasteiger partial charge in [-0.05, 0) is 12.1 Å². The maximum atomic E-state index is 12.4. The van der Waals surface area contributed by atoms with Gasteiger partial charge in [-0.1, -0.05) is 30.3 Å². The van der Waals surface area contributed by atoms with Crippen LogP contribution in [0.4, 0.5) is 5.13 Å². The summed E-state index contributed by atoms with van der Waals surface area (Å²) in [5.41, 5.74) is 9.82. The SMILES string of the molecule is Nc1nc(CCNC(=O)c2ccc3nc(-c4ccccc4)cn3c2)cs1. The molecular formula is C19H17N5OS. The van der Waals surface area contributed by atoms with E-state index in [0.717, 1.165) is 22.6 Å². The van der Waals surface area contributed by atoms with Gasteiger partial charge in [0.15, 0.2) is 5.13 Å². The van der Waals surface area contributed by atoms with Gasteiger partial charge in [0, 0.05) is 36.3 Å². The number of nitrogens with zero attached hydrogens (tertiary/aromatic N) is 3. The highest BCUT2D eigenvalue weighted by molar-refractivity contribution is 7.13. The molecule has 1 aromatic carbocycles. The lowest BCUT2D eigenvalue weighted by molar-refractivity contribution is 0.0953. The van der Waals surface area contributed by atoms with Crippen LogP contribution in [0.5, 0.6) is 0 Å². The highest BCUT2D eigenvalue weighted by Crippen LogP contribution is 2.19. The molecule has 0 atom stereocenters. The molecule has 130 valence electrons. The summed E-state index contributed by atoms with van der Waals surface area (Å²) in [5.74, 6) is -0.120. The van der Waals surface area contributed by atoms with Gasteiger partial charge in [0.1, 0.15) is 5.65 Å². The number of nitrogen functional groups attached to an aromatic ring is 1. The number of carbonyl (C=O) groups is 1. The van der Waals surface area contributed by atoms with Gasteiger partial charge in [-0.25, -0.2) is 9.97 Å². The van der Waals surface area contributed by atoms with Crippen molar-refractivity contribution in [2.45, 2.75) is 6.42 Å². The number of benzene rings is 1. The Bertz CT molecular complexity index is 1050. The summed E-state index contributed by atoms with van der Waals surface area (Å²) in [6, 6.07) is 13.6. The summed E-state index contributed by atoms with van der Waals surface area (Å²) in [5, 5.41) is 5.37. The van der Waals surface area contributed by atoms with E-state index in [-0.39, 0.29) is 5.91 Å². The molecule has 0 fully saturated rings. The van der Waals surface area contributed by atoms with Crippen molar-refractivity contribution in [3.8, 4) is 11.3 Å². The van der Waals surface area contributed by atoms with Gasteiger partial charge in [0.25, 0.3) is 5.91 Å². The summed E-state index contributed by atoms with van der Waals surface area (Å²) in [7, 11) is 0. The minimum absolute atomic E-state index is 0.120. The van der Waals surface area contributed by atoms with E-state index < -0.39 is 0 Å². The standard InChI is InChI=1S/C19H17N5OS/c20-19-22-15(12-26-19)8-9-21-18(25)14-6-7-17-23-16(11-24(17)10-14)13-4-2-1-3-5-13/h1-7,10-12H,8-9H2,(H2,20,22)(H,21,25). The normalized spacial score (nSPS) is 10.9. The fraction of sp³-hybridized carbons (Fsp3) is 0.105. The Balaban J connectivity index is 1.47. The van der Waals surface area contributed by atoms with E-state index in [0.29, 0.717) is 23.7 Å². The molecule has 0 bridgehead atoms. The summed E-state index contributed by atoms with van der Waals surface area (Å²) in [6.45, 7) is 0.513. The zero-order valence-electron chi connectivity index (χ0n) is 13.9. The molecule has 0 saturated heterocycles. The molecule has 4 rings (SSSR count). The van der Waals surface area contributed by atoms with Gasteiger partial charge < -0.3 is 15.5 Å². The zero-order valence-corrected chi connectivity index (χ0v) is 14.7. The summed E-state index contributed by atoms with van der Waals surface area (Å²) in [4.78, 5) is 21.2. The van der Waals surface area contributed by atoms with Crippen LogP contribution in [-0.4, -0.2) is 26.8 Å². The van der Waals surface area contributed by atoms with Crippen molar-refractivity contribution in [2.75, 3.05) is 12.3 Å². The van der Waals surface area contributed by atoms with Crippen molar-refractivity contribution < 1.29 is 4.79 Å². The molecule has 0 saturated carbocycles. The highest BCUT2D eigenvalue weighted by Gasteiger charge is 2.09. The van der Waals surface area contributed by atoms with Gasteiger partial charge in [-0.3, -0.25) is 4.79 Å². The Labute approximate surface area is 154 Å². The number of imidazole rings is 1. The molecule has 6 nitrogen and oxygen atoms in total. The lowest BCUT2D eigenvalue weighted by Crippen LogP contribution is -2.26. The molecule has 1 amide bonds. The number of hydrogen-bond donors (Lipinski definition) is 2. The summed E-state index contributed by atoms with van der Waals surface area (Å²) < 4.78 is 1.87. The van der Waals surface area contributed by atoms with Crippen molar-refractivity contribution in [3.05, 3.63) is 71.5 Å². The second kappa shape index (κ2) is 6.97. The number of pyridine rings is 1.